The molecule has 10 heteroatoms. The molecule has 2 fully saturated rings. The van der Waals surface area contributed by atoms with Crippen LogP contribution in [0.2, 0.25) is 0 Å². The number of pyridine rings is 1. The Labute approximate surface area is 210 Å². The number of aryl methyl sites for hydroxylation is 2. The van der Waals surface area contributed by atoms with Crippen molar-refractivity contribution in [2.24, 2.45) is 13.0 Å². The summed E-state index contributed by atoms with van der Waals surface area (Å²) in [6.45, 7) is 3.97. The summed E-state index contributed by atoms with van der Waals surface area (Å²) in [5.41, 5.74) is 5.30. The van der Waals surface area contributed by atoms with Crippen molar-refractivity contribution < 1.29 is 14.6 Å². The summed E-state index contributed by atoms with van der Waals surface area (Å²) in [4.78, 5) is 27.3. The van der Waals surface area contributed by atoms with E-state index in [0.717, 1.165) is 60.8 Å². The highest BCUT2D eigenvalue weighted by Gasteiger charge is 2.25. The van der Waals surface area contributed by atoms with Crippen LogP contribution in [-0.2, 0) is 24.9 Å². The first kappa shape index (κ1) is 24.1. The van der Waals surface area contributed by atoms with E-state index in [0.29, 0.717) is 17.6 Å². The predicted octanol–water partition coefficient (Wildman–Crippen LogP) is 3.77. The van der Waals surface area contributed by atoms with E-state index < -0.39 is 5.97 Å². The molecule has 0 bridgehead atoms. The number of rotatable bonds is 9. The Bertz CT molecular complexity index is 1220. The predicted molar refractivity (Wildman–Crippen MR) is 134 cm³/mol. The van der Waals surface area contributed by atoms with Gasteiger partial charge in [-0.3, -0.25) is 4.79 Å². The van der Waals surface area contributed by atoms with Gasteiger partial charge in [0.15, 0.2) is 0 Å². The van der Waals surface area contributed by atoms with Crippen molar-refractivity contribution in [2.75, 3.05) is 18.0 Å². The SMILES string of the molecule is CCc1nc(-c2nnn(C)c2COc2nccc(C3CCC3)n2)ccc1N1CCCC(CC(=O)O)C1. The van der Waals surface area contributed by atoms with Gasteiger partial charge in [0.2, 0.25) is 0 Å². The lowest BCUT2D eigenvalue weighted by Crippen LogP contribution is -2.37. The highest BCUT2D eigenvalue weighted by atomic mass is 16.5. The lowest BCUT2D eigenvalue weighted by molar-refractivity contribution is -0.138. The number of carboxylic acid groups (broad SMARTS) is 1. The van der Waals surface area contributed by atoms with Crippen molar-refractivity contribution in [2.45, 2.75) is 64.4 Å². The minimum atomic E-state index is -0.733. The molecule has 2 aliphatic rings. The van der Waals surface area contributed by atoms with E-state index in [1.54, 1.807) is 10.9 Å². The Kier molecular flexibility index (Phi) is 7.11. The van der Waals surface area contributed by atoms with Crippen molar-refractivity contribution in [1.29, 1.82) is 0 Å². The Morgan fingerprint density at radius 1 is 1.17 bits per heavy atom. The van der Waals surface area contributed by atoms with E-state index in [-0.39, 0.29) is 18.9 Å². The summed E-state index contributed by atoms with van der Waals surface area (Å²) in [7, 11) is 1.84. The largest absolute Gasteiger partial charge is 0.481 e. The van der Waals surface area contributed by atoms with Crippen LogP contribution in [0.3, 0.4) is 0 Å². The highest BCUT2D eigenvalue weighted by molar-refractivity contribution is 5.67. The molecule has 0 spiro atoms. The number of ether oxygens (including phenoxy) is 1. The highest BCUT2D eigenvalue weighted by Crippen LogP contribution is 2.35. The topological polar surface area (TPSA) is 119 Å². The number of hydrogen-bond acceptors (Lipinski definition) is 8. The molecule has 10 nitrogen and oxygen atoms in total. The third-order valence-corrected chi connectivity index (χ3v) is 7.31. The molecule has 190 valence electrons. The van der Waals surface area contributed by atoms with Crippen LogP contribution in [0.25, 0.3) is 11.4 Å². The minimum Gasteiger partial charge on any atom is -0.481 e. The molecule has 0 amide bonds. The van der Waals surface area contributed by atoms with Crippen LogP contribution in [0.4, 0.5) is 5.69 Å². The number of aliphatic carboxylic acids is 1. The van der Waals surface area contributed by atoms with E-state index in [4.69, 9.17) is 9.72 Å². The molecule has 3 aromatic rings. The van der Waals surface area contributed by atoms with Crippen LogP contribution in [0, 0.1) is 5.92 Å². The second-order valence-corrected chi connectivity index (χ2v) is 9.76. The average molecular weight is 492 g/mol. The molecule has 4 heterocycles. The first-order valence-corrected chi connectivity index (χ1v) is 12.8. The fourth-order valence-electron chi connectivity index (χ4n) is 5.10. The molecular formula is C26H33N7O3. The van der Waals surface area contributed by atoms with Gasteiger partial charge in [-0.05, 0) is 56.2 Å². The van der Waals surface area contributed by atoms with Gasteiger partial charge >= 0.3 is 12.0 Å². The van der Waals surface area contributed by atoms with E-state index in [1.807, 2.05) is 19.2 Å². The molecular weight excluding hydrogens is 458 g/mol. The Hall–Kier alpha value is -3.56. The monoisotopic (exact) mass is 491 g/mol. The van der Waals surface area contributed by atoms with Gasteiger partial charge in [0.1, 0.15) is 18.0 Å². The van der Waals surface area contributed by atoms with E-state index in [2.05, 4.69) is 38.2 Å². The summed E-state index contributed by atoms with van der Waals surface area (Å²) < 4.78 is 7.67. The molecule has 36 heavy (non-hydrogen) atoms. The summed E-state index contributed by atoms with van der Waals surface area (Å²) >= 11 is 0. The summed E-state index contributed by atoms with van der Waals surface area (Å²) in [6, 6.07) is 6.38. The third-order valence-electron chi connectivity index (χ3n) is 7.31. The lowest BCUT2D eigenvalue weighted by Gasteiger charge is -2.34. The van der Waals surface area contributed by atoms with E-state index >= 15 is 0 Å². The van der Waals surface area contributed by atoms with Gasteiger partial charge in [-0.25, -0.2) is 14.6 Å². The van der Waals surface area contributed by atoms with Gasteiger partial charge in [0, 0.05) is 38.7 Å². The maximum absolute atomic E-state index is 11.2. The molecule has 1 atom stereocenters. The molecule has 1 unspecified atom stereocenters. The van der Waals surface area contributed by atoms with E-state index in [1.165, 1.54) is 19.3 Å². The van der Waals surface area contributed by atoms with Gasteiger partial charge in [-0.2, -0.15) is 4.98 Å². The van der Waals surface area contributed by atoms with Gasteiger partial charge in [0.05, 0.1) is 22.8 Å². The zero-order valence-electron chi connectivity index (χ0n) is 20.9. The van der Waals surface area contributed by atoms with Gasteiger partial charge in [-0.1, -0.05) is 18.6 Å². The molecule has 1 aliphatic heterocycles. The lowest BCUT2D eigenvalue weighted by atomic mass is 9.83. The standard InChI is InChI=1S/C26H33N7O3/c1-3-19-22(33-13-5-6-17(15-33)14-24(34)35)10-9-21(28-19)25-23(32(2)31-30-25)16-36-26-27-12-11-20(29-26)18-7-4-8-18/h9-12,17-18H,3-8,13-16H2,1-2H3,(H,34,35). The van der Waals surface area contributed by atoms with Crippen molar-refractivity contribution in [3.05, 3.63) is 41.5 Å². The molecule has 1 saturated heterocycles. The van der Waals surface area contributed by atoms with Crippen LogP contribution in [0.5, 0.6) is 6.01 Å². The van der Waals surface area contributed by atoms with E-state index in [9.17, 15) is 9.90 Å². The normalized spacial score (nSPS) is 18.2. The van der Waals surface area contributed by atoms with Crippen molar-refractivity contribution in [3.8, 4) is 17.4 Å². The number of carbonyl (C=O) groups is 1. The molecule has 3 aromatic heterocycles. The molecule has 0 aromatic carbocycles. The van der Waals surface area contributed by atoms with Crippen molar-refractivity contribution in [1.82, 2.24) is 29.9 Å². The molecule has 1 N–H and O–H groups in total. The Morgan fingerprint density at radius 3 is 2.78 bits per heavy atom. The number of piperidine rings is 1. The number of aromatic nitrogens is 6. The molecule has 5 rings (SSSR count). The third kappa shape index (κ3) is 5.17. The number of anilines is 1. The molecule has 1 saturated carbocycles. The molecule has 0 radical (unpaired) electrons. The first-order chi connectivity index (χ1) is 17.5. The maximum atomic E-state index is 11.2. The average Bonchev–Trinajstić information content (AvgIpc) is 3.21. The van der Waals surface area contributed by atoms with Crippen molar-refractivity contribution in [3.63, 3.8) is 0 Å². The summed E-state index contributed by atoms with van der Waals surface area (Å²) in [5.74, 6) is -0.0586. The van der Waals surface area contributed by atoms with Crippen LogP contribution in [0.15, 0.2) is 24.4 Å². The Morgan fingerprint density at radius 2 is 2.03 bits per heavy atom. The quantitative estimate of drug-likeness (QED) is 0.477. The van der Waals surface area contributed by atoms with Crippen LogP contribution in [-0.4, -0.2) is 54.1 Å². The Balaban J connectivity index is 1.34. The molecule has 1 aliphatic carbocycles. The second-order valence-electron chi connectivity index (χ2n) is 9.76. The maximum Gasteiger partial charge on any atom is 0.316 e. The fraction of sp³-hybridized carbons (Fsp3) is 0.538. The van der Waals surface area contributed by atoms with Gasteiger partial charge < -0.3 is 14.7 Å². The first-order valence-electron chi connectivity index (χ1n) is 12.8. The van der Waals surface area contributed by atoms with Crippen LogP contribution in [0.1, 0.15) is 68.4 Å². The van der Waals surface area contributed by atoms with Crippen LogP contribution >= 0.6 is 0 Å². The fourth-order valence-corrected chi connectivity index (χ4v) is 5.10. The zero-order chi connectivity index (χ0) is 25.1. The smallest absolute Gasteiger partial charge is 0.316 e. The van der Waals surface area contributed by atoms with Crippen molar-refractivity contribution >= 4 is 11.7 Å². The second kappa shape index (κ2) is 10.6. The number of carboxylic acids is 1. The number of hydrogen-bond donors (Lipinski definition) is 1. The minimum absolute atomic E-state index is 0.161. The van der Waals surface area contributed by atoms with Crippen LogP contribution < -0.4 is 9.64 Å². The summed E-state index contributed by atoms with van der Waals surface area (Å²) in [5, 5.41) is 17.8. The number of nitrogens with zero attached hydrogens (tertiary/aromatic N) is 7. The zero-order valence-corrected chi connectivity index (χ0v) is 20.9. The van der Waals surface area contributed by atoms with Gasteiger partial charge in [-0.15, -0.1) is 5.10 Å². The summed E-state index contributed by atoms with van der Waals surface area (Å²) in [6.07, 6.45) is 8.26. The van der Waals surface area contributed by atoms with Gasteiger partial charge in [0.25, 0.3) is 0 Å².